The normalized spacial score (nSPS) is 17.7. The molecule has 0 aliphatic carbocycles. The number of methoxy groups -OCH3 is 1. The summed E-state index contributed by atoms with van der Waals surface area (Å²) in [5, 5.41) is 0. The van der Waals surface area contributed by atoms with Crippen molar-refractivity contribution in [3.63, 3.8) is 0 Å². The van der Waals surface area contributed by atoms with Gasteiger partial charge in [0, 0.05) is 26.7 Å². The molecule has 0 N–H and O–H groups in total. The van der Waals surface area contributed by atoms with Crippen molar-refractivity contribution in [1.29, 1.82) is 0 Å². The first kappa shape index (κ1) is 15.5. The fourth-order valence-electron chi connectivity index (χ4n) is 2.30. The molecule has 0 bridgehead atoms. The Kier molecular flexibility index (Phi) is 5.59. The minimum atomic E-state index is -3.45. The molecule has 0 saturated carbocycles. The number of nitrogens with zero attached hydrogens (tertiary/aromatic N) is 2. The molecular formula is C13H22N2O4S. The highest BCUT2D eigenvalue weighted by atomic mass is 32.2. The third kappa shape index (κ3) is 3.82. The van der Waals surface area contributed by atoms with E-state index in [0.717, 1.165) is 19.3 Å². The summed E-state index contributed by atoms with van der Waals surface area (Å²) in [6, 6.07) is 3.54. The van der Waals surface area contributed by atoms with Crippen molar-refractivity contribution >= 4 is 10.2 Å². The molecule has 0 spiro atoms. The summed E-state index contributed by atoms with van der Waals surface area (Å²) in [6.07, 6.45) is 4.51. The minimum Gasteiger partial charge on any atom is -0.468 e. The second-order valence-corrected chi connectivity index (χ2v) is 6.80. The molecule has 1 aromatic rings. The van der Waals surface area contributed by atoms with Crippen LogP contribution in [0.5, 0.6) is 0 Å². The number of piperidine rings is 1. The average molecular weight is 302 g/mol. The topological polar surface area (TPSA) is 63.0 Å². The van der Waals surface area contributed by atoms with Crippen LogP contribution in [0.3, 0.4) is 0 Å². The molecule has 0 unspecified atom stereocenters. The third-order valence-corrected chi connectivity index (χ3v) is 5.41. The van der Waals surface area contributed by atoms with Crippen molar-refractivity contribution in [2.75, 3.05) is 33.4 Å². The summed E-state index contributed by atoms with van der Waals surface area (Å²) in [5.41, 5.74) is 0. The van der Waals surface area contributed by atoms with Gasteiger partial charge in [-0.2, -0.15) is 17.0 Å². The first-order valence-corrected chi connectivity index (χ1v) is 8.31. The molecule has 1 aliphatic rings. The maximum Gasteiger partial charge on any atom is 0.282 e. The summed E-state index contributed by atoms with van der Waals surface area (Å²) < 4.78 is 38.6. The maximum absolute atomic E-state index is 12.7. The molecule has 2 rings (SSSR count). The zero-order chi connectivity index (χ0) is 14.4. The lowest BCUT2D eigenvalue weighted by atomic mass is 10.2. The van der Waals surface area contributed by atoms with E-state index in [1.54, 1.807) is 29.8 Å². The molecule has 7 heteroatoms. The highest BCUT2D eigenvalue weighted by Gasteiger charge is 2.30. The van der Waals surface area contributed by atoms with Crippen LogP contribution in [-0.2, 0) is 21.5 Å². The Hall–Kier alpha value is -0.890. The van der Waals surface area contributed by atoms with E-state index in [2.05, 4.69) is 0 Å². The van der Waals surface area contributed by atoms with Gasteiger partial charge in [0.2, 0.25) is 0 Å². The molecule has 1 aromatic heterocycles. The zero-order valence-electron chi connectivity index (χ0n) is 11.8. The minimum absolute atomic E-state index is 0.245. The summed E-state index contributed by atoms with van der Waals surface area (Å²) in [5.74, 6) is 0.640. The summed E-state index contributed by atoms with van der Waals surface area (Å²) >= 11 is 0. The van der Waals surface area contributed by atoms with Gasteiger partial charge in [-0.25, -0.2) is 0 Å². The van der Waals surface area contributed by atoms with E-state index in [1.165, 1.54) is 4.31 Å². The Bertz CT molecular complexity index is 480. The van der Waals surface area contributed by atoms with Crippen LogP contribution in [0.15, 0.2) is 22.8 Å². The van der Waals surface area contributed by atoms with Crippen LogP contribution in [0.4, 0.5) is 0 Å². The summed E-state index contributed by atoms with van der Waals surface area (Å²) in [4.78, 5) is 0. The van der Waals surface area contributed by atoms with Crippen LogP contribution in [0, 0.1) is 0 Å². The molecule has 1 saturated heterocycles. The van der Waals surface area contributed by atoms with Gasteiger partial charge in [0.1, 0.15) is 5.76 Å². The second kappa shape index (κ2) is 7.21. The van der Waals surface area contributed by atoms with Gasteiger partial charge in [0.15, 0.2) is 0 Å². The fourth-order valence-corrected chi connectivity index (χ4v) is 3.95. The number of hydrogen-bond acceptors (Lipinski definition) is 4. The lowest BCUT2D eigenvalue weighted by Gasteiger charge is -2.31. The van der Waals surface area contributed by atoms with Crippen molar-refractivity contribution in [1.82, 2.24) is 8.61 Å². The molecule has 0 radical (unpaired) electrons. The first-order chi connectivity index (χ1) is 9.64. The van der Waals surface area contributed by atoms with E-state index in [4.69, 9.17) is 9.15 Å². The molecule has 0 atom stereocenters. The van der Waals surface area contributed by atoms with Gasteiger partial charge in [-0.15, -0.1) is 0 Å². The van der Waals surface area contributed by atoms with Crippen molar-refractivity contribution in [3.8, 4) is 0 Å². The predicted octanol–water partition coefficient (Wildman–Crippen LogP) is 1.46. The molecule has 2 heterocycles. The van der Waals surface area contributed by atoms with Crippen LogP contribution >= 0.6 is 0 Å². The summed E-state index contributed by atoms with van der Waals surface area (Å²) in [7, 11) is -1.88. The van der Waals surface area contributed by atoms with E-state index in [9.17, 15) is 8.42 Å². The standard InChI is InChI=1S/C13H22N2O4S/c1-18-11-9-15(12-13-6-5-10-19-13)20(16,17)14-7-3-2-4-8-14/h5-6,10H,2-4,7-9,11-12H2,1H3. The quantitative estimate of drug-likeness (QED) is 0.765. The van der Waals surface area contributed by atoms with Crippen LogP contribution in [0.25, 0.3) is 0 Å². The number of furan rings is 1. The Morgan fingerprint density at radius 1 is 1.35 bits per heavy atom. The number of ether oxygens (including phenoxy) is 1. The monoisotopic (exact) mass is 302 g/mol. The predicted molar refractivity (Wildman–Crippen MR) is 75.3 cm³/mol. The van der Waals surface area contributed by atoms with Crippen molar-refractivity contribution in [2.45, 2.75) is 25.8 Å². The van der Waals surface area contributed by atoms with Crippen LogP contribution in [0.1, 0.15) is 25.0 Å². The third-order valence-electron chi connectivity index (χ3n) is 3.42. The Labute approximate surface area is 120 Å². The lowest BCUT2D eigenvalue weighted by molar-refractivity contribution is 0.170. The largest absolute Gasteiger partial charge is 0.468 e. The molecule has 0 amide bonds. The maximum atomic E-state index is 12.7. The van der Waals surface area contributed by atoms with Crippen molar-refractivity contribution < 1.29 is 17.6 Å². The van der Waals surface area contributed by atoms with Crippen molar-refractivity contribution in [3.05, 3.63) is 24.2 Å². The van der Waals surface area contributed by atoms with Gasteiger partial charge in [-0.1, -0.05) is 6.42 Å². The Morgan fingerprint density at radius 3 is 2.70 bits per heavy atom. The molecular weight excluding hydrogens is 280 g/mol. The average Bonchev–Trinajstić information content (AvgIpc) is 2.97. The van der Waals surface area contributed by atoms with Gasteiger partial charge in [0.25, 0.3) is 10.2 Å². The van der Waals surface area contributed by atoms with Crippen LogP contribution in [0.2, 0.25) is 0 Å². The van der Waals surface area contributed by atoms with Gasteiger partial charge < -0.3 is 9.15 Å². The Balaban J connectivity index is 2.11. The van der Waals surface area contributed by atoms with Gasteiger partial charge in [-0.05, 0) is 25.0 Å². The highest BCUT2D eigenvalue weighted by molar-refractivity contribution is 7.86. The zero-order valence-corrected chi connectivity index (χ0v) is 12.6. The molecule has 1 aliphatic heterocycles. The van der Waals surface area contributed by atoms with E-state index < -0.39 is 10.2 Å². The summed E-state index contributed by atoms with van der Waals surface area (Å²) in [6.45, 7) is 2.15. The number of hydrogen-bond donors (Lipinski definition) is 0. The smallest absolute Gasteiger partial charge is 0.282 e. The van der Waals surface area contributed by atoms with Gasteiger partial charge >= 0.3 is 0 Å². The van der Waals surface area contributed by atoms with Gasteiger partial charge in [0.05, 0.1) is 19.4 Å². The van der Waals surface area contributed by atoms with E-state index in [0.29, 0.717) is 32.0 Å². The molecule has 20 heavy (non-hydrogen) atoms. The second-order valence-electron chi connectivity index (χ2n) is 4.87. The SMILES string of the molecule is COCCN(Cc1ccco1)S(=O)(=O)N1CCCCC1. The van der Waals surface area contributed by atoms with Crippen LogP contribution < -0.4 is 0 Å². The van der Waals surface area contributed by atoms with E-state index in [1.807, 2.05) is 0 Å². The lowest BCUT2D eigenvalue weighted by Crippen LogP contribution is -2.46. The van der Waals surface area contributed by atoms with Crippen molar-refractivity contribution in [2.24, 2.45) is 0 Å². The van der Waals surface area contributed by atoms with Crippen LogP contribution in [-0.4, -0.2) is 50.4 Å². The molecule has 114 valence electrons. The number of rotatable bonds is 7. The fraction of sp³-hybridized carbons (Fsp3) is 0.692. The first-order valence-electron chi connectivity index (χ1n) is 6.91. The van der Waals surface area contributed by atoms with E-state index >= 15 is 0 Å². The molecule has 0 aromatic carbocycles. The molecule has 1 fully saturated rings. The van der Waals surface area contributed by atoms with Gasteiger partial charge in [-0.3, -0.25) is 0 Å². The molecule has 6 nitrogen and oxygen atoms in total. The highest BCUT2D eigenvalue weighted by Crippen LogP contribution is 2.18. The van der Waals surface area contributed by atoms with E-state index in [-0.39, 0.29) is 6.54 Å². The Morgan fingerprint density at radius 2 is 2.10 bits per heavy atom.